The normalized spacial score (nSPS) is 16.9. The van der Waals surface area contributed by atoms with Crippen LogP contribution in [0, 0.1) is 11.6 Å². The highest BCUT2D eigenvalue weighted by Gasteiger charge is 2.37. The fraction of sp³-hybridized carbons (Fsp3) is 0.345. The van der Waals surface area contributed by atoms with Gasteiger partial charge in [-0.3, -0.25) is 9.59 Å². The molecule has 0 aliphatic carbocycles. The van der Waals surface area contributed by atoms with Crippen molar-refractivity contribution in [3.05, 3.63) is 75.5 Å². The molecule has 0 spiro atoms. The van der Waals surface area contributed by atoms with Crippen LogP contribution in [0.15, 0.2) is 41.6 Å². The summed E-state index contributed by atoms with van der Waals surface area (Å²) < 4.78 is 56.8. The van der Waals surface area contributed by atoms with Crippen LogP contribution in [0.4, 0.5) is 20.3 Å². The number of unbranched alkanes of at least 4 members (excludes halogenated alkanes) is 1. The van der Waals surface area contributed by atoms with E-state index in [2.05, 4.69) is 9.97 Å². The Morgan fingerprint density at radius 1 is 1.12 bits per heavy atom. The summed E-state index contributed by atoms with van der Waals surface area (Å²) in [7, 11) is -2.02. The van der Waals surface area contributed by atoms with Crippen molar-refractivity contribution in [1.82, 2.24) is 19.4 Å². The number of sulfone groups is 1. The Morgan fingerprint density at radius 2 is 1.90 bits per heavy atom. The van der Waals surface area contributed by atoms with Crippen molar-refractivity contribution in [3.63, 3.8) is 0 Å². The number of amides is 1. The zero-order valence-electron chi connectivity index (χ0n) is 22.9. The van der Waals surface area contributed by atoms with E-state index in [0.717, 1.165) is 31.4 Å². The van der Waals surface area contributed by atoms with Gasteiger partial charge < -0.3 is 19.4 Å². The van der Waals surface area contributed by atoms with E-state index in [4.69, 9.17) is 0 Å². The third-order valence-electron chi connectivity index (χ3n) is 8.03. The maximum absolute atomic E-state index is 15.3. The topological polar surface area (TPSA) is 108 Å². The number of nitrogens with zero attached hydrogens (tertiary/aromatic N) is 4. The molecule has 6 rings (SSSR count). The molecule has 0 saturated carbocycles. The predicted molar refractivity (Wildman–Crippen MR) is 152 cm³/mol. The molecule has 0 unspecified atom stereocenters. The SMILES string of the molecule is CCCCN1CC[C@H](S(C)(=O)=O)c2cc3c(cc2C1=O)N(c1ncc(F)cc1F)Cc1c[nH]c2c(=O)n(C)cc-3c12. The van der Waals surface area contributed by atoms with E-state index in [1.165, 1.54) is 4.57 Å². The minimum absolute atomic E-state index is 0.0603. The molecule has 4 aromatic rings. The van der Waals surface area contributed by atoms with E-state index < -0.39 is 26.7 Å². The summed E-state index contributed by atoms with van der Waals surface area (Å²) in [6.07, 6.45) is 7.26. The molecule has 0 bridgehead atoms. The number of carbonyl (C=O) groups is 1. The van der Waals surface area contributed by atoms with Crippen LogP contribution in [0.2, 0.25) is 0 Å². The number of halogens is 2. The number of rotatable bonds is 5. The Kier molecular flexibility index (Phi) is 6.48. The van der Waals surface area contributed by atoms with Gasteiger partial charge in [-0.2, -0.15) is 0 Å². The number of fused-ring (bicyclic) bond motifs is 3. The van der Waals surface area contributed by atoms with Crippen molar-refractivity contribution >= 4 is 38.2 Å². The van der Waals surface area contributed by atoms with Crippen LogP contribution in [0.1, 0.15) is 52.9 Å². The number of anilines is 2. The number of aromatic amines is 1. The molecule has 2 aliphatic rings. The van der Waals surface area contributed by atoms with E-state index in [1.54, 1.807) is 41.4 Å². The number of pyridine rings is 2. The smallest absolute Gasteiger partial charge is 0.274 e. The lowest BCUT2D eigenvalue weighted by molar-refractivity contribution is 0.0758. The van der Waals surface area contributed by atoms with Crippen molar-refractivity contribution in [3.8, 4) is 11.1 Å². The number of hydrogen-bond donors (Lipinski definition) is 1. The van der Waals surface area contributed by atoms with E-state index >= 15 is 4.39 Å². The van der Waals surface area contributed by atoms with Crippen LogP contribution in [0.3, 0.4) is 0 Å². The van der Waals surface area contributed by atoms with E-state index in [1.807, 2.05) is 6.92 Å². The van der Waals surface area contributed by atoms with Crippen molar-refractivity contribution in [2.75, 3.05) is 24.2 Å². The number of nitrogens with one attached hydrogen (secondary N) is 1. The van der Waals surface area contributed by atoms with Crippen LogP contribution >= 0.6 is 0 Å². The molecular formula is C29H29F2N5O4S. The van der Waals surface area contributed by atoms with Gasteiger partial charge in [0.25, 0.3) is 11.5 Å². The summed E-state index contributed by atoms with van der Waals surface area (Å²) in [5, 5.41) is -0.329. The second-order valence-electron chi connectivity index (χ2n) is 10.8. The largest absolute Gasteiger partial charge is 0.356 e. The summed E-state index contributed by atoms with van der Waals surface area (Å²) in [4.78, 5) is 37.2. The zero-order valence-corrected chi connectivity index (χ0v) is 23.7. The molecule has 1 amide bonds. The zero-order chi connectivity index (χ0) is 29.2. The van der Waals surface area contributed by atoms with Crippen LogP contribution in [0.25, 0.3) is 22.0 Å². The maximum Gasteiger partial charge on any atom is 0.274 e. The van der Waals surface area contributed by atoms with Gasteiger partial charge in [-0.25, -0.2) is 22.2 Å². The average Bonchev–Trinajstić information content (AvgIpc) is 3.22. The van der Waals surface area contributed by atoms with Gasteiger partial charge in [0.05, 0.1) is 23.7 Å². The van der Waals surface area contributed by atoms with Gasteiger partial charge in [0.2, 0.25) is 0 Å². The summed E-state index contributed by atoms with van der Waals surface area (Å²) in [6.45, 7) is 2.83. The van der Waals surface area contributed by atoms with Gasteiger partial charge in [-0.1, -0.05) is 13.3 Å². The summed E-state index contributed by atoms with van der Waals surface area (Å²) >= 11 is 0. The standard InChI is InChI=1S/C29H29F2N5O4S/c1-4-5-7-35-8-6-24(41(3,39)40)19-10-18-21-15-34(2)29(38)26-25(21)16(12-32-26)14-36(23(18)11-20(19)28(35)37)27-22(31)9-17(30)13-33-27/h9-13,15,24,32H,4-8,14H2,1-3H3/t24-/m0/s1. The third-order valence-corrected chi connectivity index (χ3v) is 9.56. The first-order chi connectivity index (χ1) is 19.5. The third kappa shape index (κ3) is 4.41. The highest BCUT2D eigenvalue weighted by atomic mass is 32.2. The first kappa shape index (κ1) is 27.1. The summed E-state index contributed by atoms with van der Waals surface area (Å²) in [6, 6.07) is 4.03. The Hall–Kier alpha value is -4.06. The number of carbonyl (C=O) groups excluding carboxylic acids is 1. The highest BCUT2D eigenvalue weighted by Crippen LogP contribution is 2.47. The van der Waals surface area contributed by atoms with Gasteiger partial charge >= 0.3 is 0 Å². The van der Waals surface area contributed by atoms with Crippen LogP contribution < -0.4 is 10.5 Å². The van der Waals surface area contributed by atoms with Gasteiger partial charge in [-0.15, -0.1) is 0 Å². The van der Waals surface area contributed by atoms with Crippen molar-refractivity contribution in [1.29, 1.82) is 0 Å². The first-order valence-electron chi connectivity index (χ1n) is 13.4. The minimum atomic E-state index is -3.63. The average molecular weight is 582 g/mol. The number of H-pyrrole nitrogens is 1. The lowest BCUT2D eigenvalue weighted by Crippen LogP contribution is -2.32. The maximum atomic E-state index is 15.3. The Morgan fingerprint density at radius 3 is 2.61 bits per heavy atom. The predicted octanol–water partition coefficient (Wildman–Crippen LogP) is 4.59. The summed E-state index contributed by atoms with van der Waals surface area (Å²) in [5.41, 5.74) is 2.86. The molecule has 3 aromatic heterocycles. The van der Waals surface area contributed by atoms with Gasteiger partial charge in [0.15, 0.2) is 21.5 Å². The van der Waals surface area contributed by atoms with Crippen LogP contribution in [0.5, 0.6) is 0 Å². The fourth-order valence-electron chi connectivity index (χ4n) is 6.02. The number of hydrogen-bond acceptors (Lipinski definition) is 6. The molecule has 0 saturated heterocycles. The van der Waals surface area contributed by atoms with Crippen molar-refractivity contribution < 1.29 is 22.0 Å². The van der Waals surface area contributed by atoms with E-state index in [-0.39, 0.29) is 42.4 Å². The molecular weight excluding hydrogens is 552 g/mol. The van der Waals surface area contributed by atoms with Crippen molar-refractivity contribution in [2.24, 2.45) is 7.05 Å². The van der Waals surface area contributed by atoms with Gasteiger partial charge in [-0.05, 0) is 36.1 Å². The molecule has 0 fully saturated rings. The highest BCUT2D eigenvalue weighted by molar-refractivity contribution is 7.90. The Bertz CT molecular complexity index is 1900. The molecule has 214 valence electrons. The summed E-state index contributed by atoms with van der Waals surface area (Å²) in [5.74, 6) is -2.20. The molecule has 12 heteroatoms. The second kappa shape index (κ2) is 9.79. The van der Waals surface area contributed by atoms with Crippen molar-refractivity contribution in [2.45, 2.75) is 38.0 Å². The molecule has 1 atom stereocenters. The molecule has 2 aliphatic heterocycles. The Balaban J connectivity index is 1.70. The molecule has 0 radical (unpaired) electrons. The van der Waals surface area contributed by atoms with Crippen LogP contribution in [-0.2, 0) is 23.4 Å². The van der Waals surface area contributed by atoms with E-state index in [0.29, 0.717) is 45.4 Å². The Labute approximate surface area is 235 Å². The fourth-order valence-corrected chi connectivity index (χ4v) is 7.21. The lowest BCUT2D eigenvalue weighted by atomic mass is 9.93. The van der Waals surface area contributed by atoms with E-state index in [9.17, 15) is 22.4 Å². The number of aromatic nitrogens is 3. The molecule has 9 nitrogen and oxygen atoms in total. The monoisotopic (exact) mass is 581 g/mol. The lowest BCUT2D eigenvalue weighted by Gasteiger charge is -2.27. The van der Waals surface area contributed by atoms with Gasteiger partial charge in [0.1, 0.15) is 11.3 Å². The number of aryl methyl sites for hydroxylation is 1. The molecule has 5 heterocycles. The molecule has 1 aromatic carbocycles. The minimum Gasteiger partial charge on any atom is -0.356 e. The molecule has 41 heavy (non-hydrogen) atoms. The van der Waals surface area contributed by atoms with Crippen LogP contribution in [-0.4, -0.2) is 53.1 Å². The van der Waals surface area contributed by atoms with Gasteiger partial charge in [0, 0.05) is 66.9 Å². The molecule has 1 N–H and O–H groups in total. The first-order valence-corrected chi connectivity index (χ1v) is 15.4. The number of benzene rings is 1. The second-order valence-corrected chi connectivity index (χ2v) is 13.0. The quantitative estimate of drug-likeness (QED) is 0.369.